The first-order valence-electron chi connectivity index (χ1n) is 6.02. The van der Waals surface area contributed by atoms with E-state index in [1.54, 1.807) is 0 Å². The second kappa shape index (κ2) is 4.98. The number of rotatable bonds is 2. The number of likely N-dealkylation sites (N-methyl/N-ethyl adjacent to an activating group) is 4. The number of amides is 4. The molecule has 0 bridgehead atoms. The van der Waals surface area contributed by atoms with Crippen molar-refractivity contribution in [2.75, 3.05) is 41.3 Å². The number of amidine groups is 2. The van der Waals surface area contributed by atoms with Crippen LogP contribution in [0.1, 0.15) is 0 Å². The maximum atomic E-state index is 12.0. The van der Waals surface area contributed by atoms with Crippen molar-refractivity contribution in [2.24, 2.45) is 8.80 Å². The van der Waals surface area contributed by atoms with Gasteiger partial charge in [-0.3, -0.25) is 9.80 Å². The maximum Gasteiger partial charge on any atom is 0.366 e. The van der Waals surface area contributed by atoms with Crippen LogP contribution < -0.4 is 0 Å². The van der Waals surface area contributed by atoms with Crippen molar-refractivity contribution in [3.8, 4) is 0 Å². The lowest BCUT2D eigenvalue weighted by molar-refractivity contribution is 0.208. The summed E-state index contributed by atoms with van der Waals surface area (Å²) in [5, 5.41) is 0. The molecule has 4 amide bonds. The molecule has 2 heterocycles. The molecule has 2 saturated heterocycles. The van der Waals surface area contributed by atoms with Crippen molar-refractivity contribution in [3.05, 3.63) is 0 Å². The lowest BCUT2D eigenvalue weighted by Crippen LogP contribution is -2.28. The fourth-order valence-corrected chi connectivity index (χ4v) is 2.91. The minimum Gasteiger partial charge on any atom is -0.320 e. The molecule has 2 rings (SSSR count). The van der Waals surface area contributed by atoms with Crippen molar-refractivity contribution >= 4 is 33.9 Å². The van der Waals surface area contributed by atoms with E-state index in [1.807, 2.05) is 0 Å². The lowest BCUT2D eigenvalue weighted by atomic mass is 10.6. The molecule has 0 aromatic carbocycles. The highest BCUT2D eigenvalue weighted by Crippen LogP contribution is 2.12. The smallest absolute Gasteiger partial charge is 0.320 e. The minimum absolute atomic E-state index is 0.0900. The number of carbonyl (C=O) groups excluding carboxylic acids is 2. The third-order valence-electron chi connectivity index (χ3n) is 3.20. The zero-order valence-corrected chi connectivity index (χ0v) is 13.0. The van der Waals surface area contributed by atoms with Crippen molar-refractivity contribution < 1.29 is 18.0 Å². The summed E-state index contributed by atoms with van der Waals surface area (Å²) in [7, 11) is 1.78. The molecule has 0 N–H and O–H groups in total. The summed E-state index contributed by atoms with van der Waals surface area (Å²) in [5.74, 6) is 0.180. The van der Waals surface area contributed by atoms with Gasteiger partial charge in [0.25, 0.3) is 0 Å². The second-order valence-electron chi connectivity index (χ2n) is 4.86. The maximum absolute atomic E-state index is 12.0. The Morgan fingerprint density at radius 1 is 0.810 bits per heavy atom. The van der Waals surface area contributed by atoms with Crippen molar-refractivity contribution in [1.29, 1.82) is 0 Å². The van der Waals surface area contributed by atoms with Gasteiger partial charge in [-0.25, -0.2) is 9.59 Å². The van der Waals surface area contributed by atoms with Gasteiger partial charge >= 0.3 is 22.3 Å². The van der Waals surface area contributed by atoms with Crippen molar-refractivity contribution in [3.63, 3.8) is 0 Å². The van der Waals surface area contributed by atoms with Gasteiger partial charge in [0.15, 0.2) is 0 Å². The summed E-state index contributed by atoms with van der Waals surface area (Å²) in [6.45, 7) is 0.183. The van der Waals surface area contributed by atoms with E-state index in [4.69, 9.17) is 0 Å². The number of hydrogen-bond acceptors (Lipinski definition) is 4. The number of hydrogen-bond donors (Lipinski definition) is 0. The van der Waals surface area contributed by atoms with Crippen LogP contribution in [0.4, 0.5) is 9.59 Å². The van der Waals surface area contributed by atoms with Gasteiger partial charge in [0.05, 0.1) is 13.1 Å². The highest BCUT2D eigenvalue weighted by Gasteiger charge is 2.32. The number of urea groups is 2. The Hall–Kier alpha value is -2.17. The first-order valence-corrected chi connectivity index (χ1v) is 7.42. The van der Waals surface area contributed by atoms with Gasteiger partial charge in [0.2, 0.25) is 0 Å². The Labute approximate surface area is 122 Å². The van der Waals surface area contributed by atoms with Crippen LogP contribution in [0.3, 0.4) is 0 Å². The molecule has 2 aliphatic heterocycles. The molecule has 0 aromatic rings. The number of carbonyl (C=O) groups is 2. The van der Waals surface area contributed by atoms with Crippen LogP contribution in [-0.4, -0.2) is 93.0 Å². The van der Waals surface area contributed by atoms with Crippen LogP contribution in [0.2, 0.25) is 0 Å². The molecule has 0 aromatic heterocycles. The first kappa shape index (κ1) is 15.2. The van der Waals surface area contributed by atoms with Crippen LogP contribution in [-0.2, 0) is 10.2 Å². The molecule has 2 aliphatic rings. The molecule has 2 fully saturated rings. The molecule has 0 aliphatic carbocycles. The van der Waals surface area contributed by atoms with Crippen LogP contribution >= 0.6 is 0 Å². The first-order chi connectivity index (χ1) is 9.62. The standard InChI is InChI=1S/C10H16N6O4S/c1-13-5-7(15(3)9(13)17)11-21(19,20)12-8-6-14(2)10(18)16(8)4/h5-6H2,1-4H3/b11-7+,12-8+. The summed E-state index contributed by atoms with van der Waals surface area (Å²) in [6.07, 6.45) is 0. The Morgan fingerprint density at radius 3 is 1.38 bits per heavy atom. The summed E-state index contributed by atoms with van der Waals surface area (Å²) in [6, 6.07) is -0.686. The van der Waals surface area contributed by atoms with Gasteiger partial charge < -0.3 is 9.80 Å². The van der Waals surface area contributed by atoms with Crippen LogP contribution in [0.15, 0.2) is 8.80 Å². The van der Waals surface area contributed by atoms with Gasteiger partial charge in [0.1, 0.15) is 11.7 Å². The Kier molecular flexibility index (Phi) is 3.61. The quantitative estimate of drug-likeness (QED) is 0.653. The van der Waals surface area contributed by atoms with E-state index in [2.05, 4.69) is 8.80 Å². The average molecular weight is 316 g/mol. The van der Waals surface area contributed by atoms with E-state index in [0.717, 1.165) is 9.80 Å². The van der Waals surface area contributed by atoms with Gasteiger partial charge in [-0.15, -0.1) is 8.80 Å². The van der Waals surface area contributed by atoms with Gasteiger partial charge in [0, 0.05) is 28.2 Å². The summed E-state index contributed by atoms with van der Waals surface area (Å²) < 4.78 is 31.0. The van der Waals surface area contributed by atoms with Crippen LogP contribution in [0, 0.1) is 0 Å². The van der Waals surface area contributed by atoms with E-state index in [0.29, 0.717) is 0 Å². The molecular formula is C10H16N6O4S. The molecule has 21 heavy (non-hydrogen) atoms. The van der Waals surface area contributed by atoms with Gasteiger partial charge in [-0.05, 0) is 0 Å². The molecular weight excluding hydrogens is 300 g/mol. The highest BCUT2D eigenvalue weighted by atomic mass is 32.2. The Bertz CT molecular complexity index is 604. The third kappa shape index (κ3) is 2.82. The fourth-order valence-electron chi connectivity index (χ4n) is 1.97. The topological polar surface area (TPSA) is 106 Å². The minimum atomic E-state index is -4.17. The molecule has 0 saturated carbocycles. The molecule has 10 nitrogen and oxygen atoms in total. The largest absolute Gasteiger partial charge is 0.366 e. The molecule has 0 spiro atoms. The van der Waals surface area contributed by atoms with Gasteiger partial charge in [-0.2, -0.15) is 8.42 Å². The average Bonchev–Trinajstić information content (AvgIpc) is 2.75. The number of nitrogens with zero attached hydrogens (tertiary/aromatic N) is 6. The summed E-state index contributed by atoms with van der Waals surface area (Å²) in [4.78, 5) is 28.1. The van der Waals surface area contributed by atoms with E-state index >= 15 is 0 Å². The van der Waals surface area contributed by atoms with Crippen molar-refractivity contribution in [2.45, 2.75) is 0 Å². The molecule has 0 atom stereocenters. The summed E-state index contributed by atoms with van der Waals surface area (Å²) >= 11 is 0. The normalized spacial score (nSPS) is 24.2. The highest BCUT2D eigenvalue weighted by molar-refractivity contribution is 7.89. The predicted octanol–water partition coefficient (Wildman–Crippen LogP) is -0.977. The predicted molar refractivity (Wildman–Crippen MR) is 75.4 cm³/mol. The van der Waals surface area contributed by atoms with Crippen LogP contribution in [0.25, 0.3) is 0 Å². The van der Waals surface area contributed by atoms with Crippen molar-refractivity contribution in [1.82, 2.24) is 19.6 Å². The lowest BCUT2D eigenvalue weighted by Gasteiger charge is -2.08. The SMILES string of the molecule is CN1C/C(=N\S(=O)(=O)/N=C2\CN(C)C(=O)N2C)N(C)C1=O. The Balaban J connectivity index is 2.29. The molecule has 116 valence electrons. The van der Waals surface area contributed by atoms with E-state index < -0.39 is 10.2 Å². The van der Waals surface area contributed by atoms with E-state index in [1.165, 1.54) is 38.0 Å². The fraction of sp³-hybridized carbons (Fsp3) is 0.600. The Morgan fingerprint density at radius 2 is 1.14 bits per heavy atom. The molecule has 11 heteroatoms. The zero-order valence-electron chi connectivity index (χ0n) is 12.1. The summed E-state index contributed by atoms with van der Waals surface area (Å²) in [5.41, 5.74) is 0. The molecule has 0 unspecified atom stereocenters. The molecule has 0 radical (unpaired) electrons. The monoisotopic (exact) mass is 316 g/mol. The third-order valence-corrected chi connectivity index (χ3v) is 4.08. The van der Waals surface area contributed by atoms with Gasteiger partial charge in [-0.1, -0.05) is 0 Å². The zero-order chi connectivity index (χ0) is 15.9. The van der Waals surface area contributed by atoms with Crippen LogP contribution in [0.5, 0.6) is 0 Å². The van der Waals surface area contributed by atoms with E-state index in [9.17, 15) is 18.0 Å². The second-order valence-corrected chi connectivity index (χ2v) is 6.12. The van der Waals surface area contributed by atoms with E-state index in [-0.39, 0.29) is 36.8 Å².